The summed E-state index contributed by atoms with van der Waals surface area (Å²) in [7, 11) is 0. The van der Waals surface area contributed by atoms with Crippen molar-refractivity contribution in [3.8, 4) is 0 Å². The Kier molecular flexibility index (Phi) is 2.89. The topological polar surface area (TPSA) is 46.3 Å². The molecule has 2 bridgehead atoms. The normalized spacial score (nSPS) is 45.3. The van der Waals surface area contributed by atoms with Crippen molar-refractivity contribution in [3.63, 3.8) is 0 Å². The van der Waals surface area contributed by atoms with Crippen LogP contribution in [0.2, 0.25) is 0 Å². The highest BCUT2D eigenvalue weighted by Crippen LogP contribution is 2.39. The zero-order chi connectivity index (χ0) is 12.0. The highest BCUT2D eigenvalue weighted by Gasteiger charge is 2.43. The fourth-order valence-corrected chi connectivity index (χ4v) is 4.01. The Morgan fingerprint density at radius 3 is 2.59 bits per heavy atom. The average molecular weight is 236 g/mol. The Hall–Kier alpha value is -0.570. The molecular weight excluding hydrogens is 212 g/mol. The van der Waals surface area contributed by atoms with Crippen molar-refractivity contribution in [2.75, 3.05) is 6.54 Å². The molecule has 2 aliphatic carbocycles. The molecule has 5 atom stereocenters. The van der Waals surface area contributed by atoms with E-state index in [2.05, 4.69) is 11.8 Å². The minimum absolute atomic E-state index is 0.223. The van der Waals surface area contributed by atoms with E-state index in [0.717, 1.165) is 31.7 Å². The third-order valence-electron chi connectivity index (χ3n) is 5.30. The van der Waals surface area contributed by atoms with Crippen LogP contribution in [-0.4, -0.2) is 29.4 Å². The van der Waals surface area contributed by atoms with Gasteiger partial charge in [0.05, 0.1) is 0 Å². The molecule has 3 fully saturated rings. The molecule has 0 aromatic carbocycles. The molecule has 3 heteroatoms. The van der Waals surface area contributed by atoms with Crippen molar-refractivity contribution in [1.82, 2.24) is 4.90 Å². The van der Waals surface area contributed by atoms with Crippen LogP contribution in [0.5, 0.6) is 0 Å². The fraction of sp³-hybridized carbons (Fsp3) is 0.929. The van der Waals surface area contributed by atoms with Gasteiger partial charge in [-0.3, -0.25) is 4.79 Å². The molecule has 17 heavy (non-hydrogen) atoms. The van der Waals surface area contributed by atoms with Crippen LogP contribution >= 0.6 is 0 Å². The number of hydrogen-bond donors (Lipinski definition) is 1. The molecule has 5 unspecified atom stereocenters. The maximum absolute atomic E-state index is 12.5. The van der Waals surface area contributed by atoms with E-state index in [4.69, 9.17) is 5.73 Å². The summed E-state index contributed by atoms with van der Waals surface area (Å²) < 4.78 is 0. The van der Waals surface area contributed by atoms with E-state index in [-0.39, 0.29) is 12.0 Å². The Morgan fingerprint density at radius 2 is 2.00 bits per heavy atom. The molecule has 2 saturated carbocycles. The standard InChI is InChI=1S/C14H24N2O/c1-9-2-4-11(7-13(9)15)14(17)16-8-10-3-5-12(16)6-10/h9-13H,2-8,15H2,1H3. The first-order valence-corrected chi connectivity index (χ1v) is 7.21. The number of likely N-dealkylation sites (tertiary alicyclic amines) is 1. The Bertz CT molecular complexity index is 317. The number of rotatable bonds is 1. The second-order valence-electron chi connectivity index (χ2n) is 6.47. The minimum Gasteiger partial charge on any atom is -0.339 e. The third kappa shape index (κ3) is 1.99. The summed E-state index contributed by atoms with van der Waals surface area (Å²) in [6.45, 7) is 3.24. The van der Waals surface area contributed by atoms with Crippen LogP contribution in [0, 0.1) is 17.8 Å². The Labute approximate surface area is 104 Å². The van der Waals surface area contributed by atoms with E-state index in [9.17, 15) is 4.79 Å². The van der Waals surface area contributed by atoms with Gasteiger partial charge in [0.25, 0.3) is 0 Å². The summed E-state index contributed by atoms with van der Waals surface area (Å²) >= 11 is 0. The first-order valence-electron chi connectivity index (χ1n) is 7.21. The van der Waals surface area contributed by atoms with E-state index in [0.29, 0.717) is 17.9 Å². The summed E-state index contributed by atoms with van der Waals surface area (Å²) in [5, 5.41) is 0. The maximum Gasteiger partial charge on any atom is 0.225 e. The summed E-state index contributed by atoms with van der Waals surface area (Å²) in [6.07, 6.45) is 6.94. The molecular formula is C14H24N2O. The molecule has 3 nitrogen and oxygen atoms in total. The number of carbonyl (C=O) groups excluding carboxylic acids is 1. The summed E-state index contributed by atoms with van der Waals surface area (Å²) in [4.78, 5) is 14.7. The maximum atomic E-state index is 12.5. The highest BCUT2D eigenvalue weighted by molar-refractivity contribution is 5.79. The van der Waals surface area contributed by atoms with Crippen molar-refractivity contribution in [1.29, 1.82) is 0 Å². The van der Waals surface area contributed by atoms with Gasteiger partial charge in [-0.15, -0.1) is 0 Å². The molecule has 0 spiro atoms. The largest absolute Gasteiger partial charge is 0.339 e. The molecule has 3 rings (SSSR count). The lowest BCUT2D eigenvalue weighted by atomic mass is 9.79. The van der Waals surface area contributed by atoms with Crippen molar-refractivity contribution < 1.29 is 4.79 Å². The number of hydrogen-bond acceptors (Lipinski definition) is 2. The van der Waals surface area contributed by atoms with Crippen molar-refractivity contribution >= 4 is 5.91 Å². The molecule has 1 heterocycles. The number of nitrogens with two attached hydrogens (primary N) is 1. The van der Waals surface area contributed by atoms with Gasteiger partial charge in [0, 0.05) is 24.5 Å². The van der Waals surface area contributed by atoms with Gasteiger partial charge in [0.2, 0.25) is 5.91 Å². The van der Waals surface area contributed by atoms with Crippen molar-refractivity contribution in [3.05, 3.63) is 0 Å². The molecule has 1 amide bonds. The second-order valence-corrected chi connectivity index (χ2v) is 6.47. The van der Waals surface area contributed by atoms with Crippen molar-refractivity contribution in [2.24, 2.45) is 23.5 Å². The number of nitrogens with zero attached hydrogens (tertiary/aromatic N) is 1. The van der Waals surface area contributed by atoms with E-state index in [1.165, 1.54) is 19.3 Å². The van der Waals surface area contributed by atoms with Gasteiger partial charge >= 0.3 is 0 Å². The van der Waals surface area contributed by atoms with Gasteiger partial charge in [-0.05, 0) is 50.4 Å². The SMILES string of the molecule is CC1CCC(C(=O)N2CC3CCC2C3)CC1N. The van der Waals surface area contributed by atoms with Gasteiger partial charge in [0.1, 0.15) is 0 Å². The number of piperidine rings is 1. The summed E-state index contributed by atoms with van der Waals surface area (Å²) in [6, 6.07) is 0.806. The molecule has 1 saturated heterocycles. The molecule has 0 aromatic rings. The van der Waals surface area contributed by atoms with Crippen LogP contribution in [0.15, 0.2) is 0 Å². The van der Waals surface area contributed by atoms with Crippen LogP contribution in [0.1, 0.15) is 45.4 Å². The first-order chi connectivity index (χ1) is 8.15. The molecule has 2 N–H and O–H groups in total. The van der Waals surface area contributed by atoms with Crippen LogP contribution in [-0.2, 0) is 4.79 Å². The van der Waals surface area contributed by atoms with E-state index in [1.807, 2.05) is 0 Å². The van der Waals surface area contributed by atoms with Gasteiger partial charge in [0.15, 0.2) is 0 Å². The molecule has 0 aromatic heterocycles. The Morgan fingerprint density at radius 1 is 1.18 bits per heavy atom. The molecule has 96 valence electrons. The van der Waals surface area contributed by atoms with Gasteiger partial charge < -0.3 is 10.6 Å². The van der Waals surface area contributed by atoms with Gasteiger partial charge in [-0.1, -0.05) is 6.92 Å². The lowest BCUT2D eigenvalue weighted by Crippen LogP contribution is -2.45. The molecule has 3 aliphatic rings. The molecule has 0 radical (unpaired) electrons. The summed E-state index contributed by atoms with van der Waals surface area (Å²) in [5.74, 6) is 2.04. The first kappa shape index (κ1) is 11.5. The van der Waals surface area contributed by atoms with Gasteiger partial charge in [-0.2, -0.15) is 0 Å². The lowest BCUT2D eigenvalue weighted by molar-refractivity contribution is -0.138. The third-order valence-corrected chi connectivity index (χ3v) is 5.30. The quantitative estimate of drug-likeness (QED) is 0.754. The van der Waals surface area contributed by atoms with Crippen LogP contribution in [0.4, 0.5) is 0 Å². The van der Waals surface area contributed by atoms with Crippen molar-refractivity contribution in [2.45, 2.75) is 57.5 Å². The molecule has 1 aliphatic heterocycles. The van der Waals surface area contributed by atoms with E-state index >= 15 is 0 Å². The fourth-order valence-electron chi connectivity index (χ4n) is 4.01. The van der Waals surface area contributed by atoms with E-state index in [1.54, 1.807) is 0 Å². The summed E-state index contributed by atoms with van der Waals surface area (Å²) in [5.41, 5.74) is 6.11. The number of fused-ring (bicyclic) bond motifs is 2. The second kappa shape index (κ2) is 4.27. The lowest BCUT2D eigenvalue weighted by Gasteiger charge is -2.36. The number of carbonyl (C=O) groups is 1. The predicted molar refractivity (Wildman–Crippen MR) is 67.3 cm³/mol. The zero-order valence-corrected chi connectivity index (χ0v) is 10.8. The van der Waals surface area contributed by atoms with Crippen LogP contribution in [0.3, 0.4) is 0 Å². The highest BCUT2D eigenvalue weighted by atomic mass is 16.2. The van der Waals surface area contributed by atoms with Crippen LogP contribution in [0.25, 0.3) is 0 Å². The minimum atomic E-state index is 0.223. The van der Waals surface area contributed by atoms with E-state index < -0.39 is 0 Å². The smallest absolute Gasteiger partial charge is 0.225 e. The van der Waals surface area contributed by atoms with Crippen LogP contribution < -0.4 is 5.73 Å². The zero-order valence-electron chi connectivity index (χ0n) is 10.8. The number of amides is 1. The predicted octanol–water partition coefficient (Wildman–Crippen LogP) is 1.76. The monoisotopic (exact) mass is 236 g/mol. The average Bonchev–Trinajstić information content (AvgIpc) is 2.93. The Balaban J connectivity index is 1.63. The van der Waals surface area contributed by atoms with Gasteiger partial charge in [-0.25, -0.2) is 0 Å².